The lowest BCUT2D eigenvalue weighted by molar-refractivity contribution is -0.137. The van der Waals surface area contributed by atoms with Crippen LogP contribution in [0.3, 0.4) is 0 Å². The van der Waals surface area contributed by atoms with Gasteiger partial charge in [0.2, 0.25) is 0 Å². The molecule has 0 saturated heterocycles. The van der Waals surface area contributed by atoms with Crippen molar-refractivity contribution in [1.29, 1.82) is 0 Å². The van der Waals surface area contributed by atoms with Crippen LogP contribution in [0.5, 0.6) is 5.75 Å². The summed E-state index contributed by atoms with van der Waals surface area (Å²) < 4.78 is 43.2. The van der Waals surface area contributed by atoms with Gasteiger partial charge in [0.15, 0.2) is 12.4 Å². The summed E-state index contributed by atoms with van der Waals surface area (Å²) >= 11 is 0. The third-order valence-corrected chi connectivity index (χ3v) is 4.56. The Morgan fingerprint density at radius 3 is 2.21 bits per heavy atom. The number of ketones is 1. The van der Waals surface area contributed by atoms with Gasteiger partial charge in [-0.3, -0.25) is 9.59 Å². The highest BCUT2D eigenvalue weighted by Gasteiger charge is 2.30. The SMILES string of the molecule is O=C(COc1ccc2c(c1)-c1ccccc1C2=O)Nc1ccc(C(F)(F)F)cc1. The van der Waals surface area contributed by atoms with E-state index in [1.165, 1.54) is 12.1 Å². The van der Waals surface area contributed by atoms with Crippen LogP contribution >= 0.6 is 0 Å². The number of alkyl halides is 3. The molecular weight excluding hydrogens is 383 g/mol. The van der Waals surface area contributed by atoms with Gasteiger partial charge in [-0.15, -0.1) is 0 Å². The largest absolute Gasteiger partial charge is 0.484 e. The summed E-state index contributed by atoms with van der Waals surface area (Å²) in [7, 11) is 0. The summed E-state index contributed by atoms with van der Waals surface area (Å²) in [4.78, 5) is 24.4. The third-order valence-electron chi connectivity index (χ3n) is 4.56. The molecule has 1 N–H and O–H groups in total. The second kappa shape index (κ2) is 7.09. The van der Waals surface area contributed by atoms with Crippen molar-refractivity contribution in [3.8, 4) is 16.9 Å². The number of anilines is 1. The molecule has 0 heterocycles. The van der Waals surface area contributed by atoms with Crippen LogP contribution in [-0.4, -0.2) is 18.3 Å². The molecule has 0 spiro atoms. The van der Waals surface area contributed by atoms with Crippen molar-refractivity contribution in [2.24, 2.45) is 0 Å². The number of fused-ring (bicyclic) bond motifs is 3. The van der Waals surface area contributed by atoms with Gasteiger partial charge in [-0.25, -0.2) is 0 Å². The van der Waals surface area contributed by atoms with Crippen molar-refractivity contribution in [2.45, 2.75) is 6.18 Å². The van der Waals surface area contributed by atoms with E-state index in [-0.39, 0.29) is 18.1 Å². The van der Waals surface area contributed by atoms with Crippen molar-refractivity contribution in [3.63, 3.8) is 0 Å². The number of nitrogens with one attached hydrogen (secondary N) is 1. The highest BCUT2D eigenvalue weighted by atomic mass is 19.4. The van der Waals surface area contributed by atoms with Crippen molar-refractivity contribution in [2.75, 3.05) is 11.9 Å². The number of hydrogen-bond acceptors (Lipinski definition) is 3. The predicted octanol–water partition coefficient (Wildman–Crippen LogP) is 4.93. The first-order chi connectivity index (χ1) is 13.8. The van der Waals surface area contributed by atoms with Crippen molar-refractivity contribution in [1.82, 2.24) is 0 Å². The molecule has 1 aliphatic carbocycles. The molecule has 1 aliphatic rings. The molecule has 0 aliphatic heterocycles. The number of carbonyl (C=O) groups excluding carboxylic acids is 2. The average Bonchev–Trinajstić information content (AvgIpc) is 2.98. The van der Waals surface area contributed by atoms with E-state index in [4.69, 9.17) is 4.74 Å². The summed E-state index contributed by atoms with van der Waals surface area (Å²) in [6, 6.07) is 16.3. The van der Waals surface area contributed by atoms with Gasteiger partial charge in [0.05, 0.1) is 5.56 Å². The Hall–Kier alpha value is -3.61. The molecule has 0 unspecified atom stereocenters. The minimum Gasteiger partial charge on any atom is -0.484 e. The summed E-state index contributed by atoms with van der Waals surface area (Å²) in [6.07, 6.45) is -4.43. The molecule has 0 fully saturated rings. The van der Waals surface area contributed by atoms with E-state index in [0.717, 1.165) is 23.3 Å². The van der Waals surface area contributed by atoms with Gasteiger partial charge < -0.3 is 10.1 Å². The van der Waals surface area contributed by atoms with Gasteiger partial charge in [-0.05, 0) is 53.6 Å². The number of hydrogen-bond donors (Lipinski definition) is 1. The number of carbonyl (C=O) groups is 2. The molecule has 146 valence electrons. The summed E-state index contributed by atoms with van der Waals surface area (Å²) in [5, 5.41) is 2.48. The highest BCUT2D eigenvalue weighted by molar-refractivity contribution is 6.21. The second-order valence-electron chi connectivity index (χ2n) is 6.49. The maximum absolute atomic E-state index is 12.6. The third kappa shape index (κ3) is 3.71. The Kier molecular flexibility index (Phi) is 4.58. The van der Waals surface area contributed by atoms with E-state index in [2.05, 4.69) is 5.32 Å². The van der Waals surface area contributed by atoms with Gasteiger partial charge in [0.25, 0.3) is 5.91 Å². The highest BCUT2D eigenvalue weighted by Crippen LogP contribution is 2.38. The standard InChI is InChI=1S/C22H14F3NO3/c23-22(24,25)13-5-7-14(8-6-13)26-20(27)12-29-15-9-10-18-19(11-15)16-3-1-2-4-17(16)21(18)28/h1-11H,12H2,(H,26,27). The minimum atomic E-state index is -4.43. The molecule has 4 nitrogen and oxygen atoms in total. The zero-order chi connectivity index (χ0) is 20.6. The molecule has 1 amide bonds. The van der Waals surface area contributed by atoms with Crippen LogP contribution in [0.2, 0.25) is 0 Å². The summed E-state index contributed by atoms with van der Waals surface area (Å²) in [5.74, 6) is -0.153. The second-order valence-corrected chi connectivity index (χ2v) is 6.49. The number of amides is 1. The molecule has 0 radical (unpaired) electrons. The van der Waals surface area contributed by atoms with Crippen LogP contribution in [0.4, 0.5) is 18.9 Å². The zero-order valence-corrected chi connectivity index (χ0v) is 14.9. The lowest BCUT2D eigenvalue weighted by Gasteiger charge is -2.10. The molecule has 29 heavy (non-hydrogen) atoms. The monoisotopic (exact) mass is 397 g/mol. The normalized spacial score (nSPS) is 12.3. The van der Waals surface area contributed by atoms with E-state index in [1.807, 2.05) is 12.1 Å². The Bertz CT molecular complexity index is 1110. The maximum atomic E-state index is 12.6. The van der Waals surface area contributed by atoms with E-state index in [9.17, 15) is 22.8 Å². The Morgan fingerprint density at radius 1 is 0.862 bits per heavy atom. The predicted molar refractivity (Wildman–Crippen MR) is 101 cm³/mol. The molecule has 4 rings (SSSR count). The molecule has 0 aromatic heterocycles. The number of ether oxygens (including phenoxy) is 1. The van der Waals surface area contributed by atoms with E-state index < -0.39 is 17.6 Å². The lowest BCUT2D eigenvalue weighted by atomic mass is 10.1. The van der Waals surface area contributed by atoms with Gasteiger partial charge in [-0.2, -0.15) is 13.2 Å². The van der Waals surface area contributed by atoms with E-state index >= 15 is 0 Å². The minimum absolute atomic E-state index is 0.0535. The fourth-order valence-electron chi connectivity index (χ4n) is 3.18. The van der Waals surface area contributed by atoms with Crippen LogP contribution in [0.25, 0.3) is 11.1 Å². The quantitative estimate of drug-likeness (QED) is 0.531. The van der Waals surface area contributed by atoms with E-state index in [0.29, 0.717) is 16.9 Å². The summed E-state index contributed by atoms with van der Waals surface area (Å²) in [5.41, 5.74) is 2.20. The van der Waals surface area contributed by atoms with Crippen LogP contribution in [-0.2, 0) is 11.0 Å². The smallest absolute Gasteiger partial charge is 0.416 e. The van der Waals surface area contributed by atoms with Crippen LogP contribution in [0, 0.1) is 0 Å². The van der Waals surface area contributed by atoms with Crippen LogP contribution < -0.4 is 10.1 Å². The van der Waals surface area contributed by atoms with Crippen LogP contribution in [0.15, 0.2) is 66.7 Å². The van der Waals surface area contributed by atoms with Crippen LogP contribution in [0.1, 0.15) is 21.5 Å². The first-order valence-electron chi connectivity index (χ1n) is 8.71. The molecule has 3 aromatic rings. The Balaban J connectivity index is 1.42. The Morgan fingerprint density at radius 2 is 1.52 bits per heavy atom. The first kappa shape index (κ1) is 18.7. The number of benzene rings is 3. The number of rotatable bonds is 4. The maximum Gasteiger partial charge on any atom is 0.416 e. The van der Waals surface area contributed by atoms with Gasteiger partial charge in [-0.1, -0.05) is 24.3 Å². The van der Waals surface area contributed by atoms with Gasteiger partial charge >= 0.3 is 6.18 Å². The summed E-state index contributed by atoms with van der Waals surface area (Å²) in [6.45, 7) is -0.324. The molecule has 0 bridgehead atoms. The molecule has 0 atom stereocenters. The average molecular weight is 397 g/mol. The fourth-order valence-corrected chi connectivity index (χ4v) is 3.18. The van der Waals surface area contributed by atoms with Gasteiger partial charge in [0.1, 0.15) is 5.75 Å². The lowest BCUT2D eigenvalue weighted by Crippen LogP contribution is -2.20. The Labute approximate surface area is 163 Å². The van der Waals surface area contributed by atoms with E-state index in [1.54, 1.807) is 30.3 Å². The zero-order valence-electron chi connectivity index (χ0n) is 14.9. The first-order valence-corrected chi connectivity index (χ1v) is 8.71. The molecular formula is C22H14F3NO3. The van der Waals surface area contributed by atoms with Crippen molar-refractivity contribution in [3.05, 3.63) is 83.4 Å². The molecule has 7 heteroatoms. The number of halogens is 3. The van der Waals surface area contributed by atoms with Crippen molar-refractivity contribution < 1.29 is 27.5 Å². The molecule has 0 saturated carbocycles. The van der Waals surface area contributed by atoms with Gasteiger partial charge in [0, 0.05) is 16.8 Å². The topological polar surface area (TPSA) is 55.4 Å². The van der Waals surface area contributed by atoms with Crippen molar-refractivity contribution >= 4 is 17.4 Å². The molecule has 3 aromatic carbocycles. The fraction of sp³-hybridized carbons (Fsp3) is 0.0909.